The van der Waals surface area contributed by atoms with E-state index in [1.807, 2.05) is 0 Å². The molecule has 0 radical (unpaired) electrons. The molecule has 0 aromatic carbocycles. The van der Waals surface area contributed by atoms with Crippen LogP contribution in [-0.4, -0.2) is 29.0 Å². The zero-order valence-corrected chi connectivity index (χ0v) is 11.9. The van der Waals surface area contributed by atoms with Crippen LogP contribution in [0, 0.1) is 0 Å². The molecule has 0 amide bonds. The number of aromatic hydroxyl groups is 1. The molecule has 0 aliphatic heterocycles. The zero-order chi connectivity index (χ0) is 15.3. The Morgan fingerprint density at radius 1 is 1.50 bits per heavy atom. The van der Waals surface area contributed by atoms with Gasteiger partial charge in [-0.05, 0) is 6.92 Å². The highest BCUT2D eigenvalue weighted by Gasteiger charge is 2.33. The van der Waals surface area contributed by atoms with Gasteiger partial charge in [0.1, 0.15) is 5.75 Å². The number of hydrogen-bond donors (Lipinski definition) is 1. The average molecular weight is 358 g/mol. The summed E-state index contributed by atoms with van der Waals surface area (Å²) in [5.41, 5.74) is -0.218. The third-order valence-corrected chi connectivity index (χ3v) is 2.73. The number of carbonyl (C=O) groups is 1. The maximum absolute atomic E-state index is 12.2. The molecule has 0 atom stereocenters. The Morgan fingerprint density at radius 3 is 2.65 bits per heavy atom. The quantitative estimate of drug-likeness (QED) is 0.648. The first-order valence-corrected chi connectivity index (χ1v) is 6.57. The first-order chi connectivity index (χ1) is 9.28. The Kier molecular flexibility index (Phi) is 5.61. The standard InChI is InChI=1S/C11H11BrF3NO4/c1-2-19-9(17)3-7-10(18)6(4-12)8(5-16-7)20-11(13,14)15/h5,18H,2-4H2,1H3. The van der Waals surface area contributed by atoms with Crippen molar-refractivity contribution in [3.63, 3.8) is 0 Å². The second-order valence-corrected chi connectivity index (χ2v) is 4.12. The maximum atomic E-state index is 12.2. The van der Waals surface area contributed by atoms with Gasteiger partial charge >= 0.3 is 12.3 Å². The van der Waals surface area contributed by atoms with Gasteiger partial charge in [-0.3, -0.25) is 9.78 Å². The number of pyridine rings is 1. The molecule has 0 aliphatic carbocycles. The van der Waals surface area contributed by atoms with Gasteiger partial charge in [-0.25, -0.2) is 0 Å². The van der Waals surface area contributed by atoms with Gasteiger partial charge in [-0.1, -0.05) is 15.9 Å². The summed E-state index contributed by atoms with van der Waals surface area (Å²) >= 11 is 2.95. The monoisotopic (exact) mass is 357 g/mol. The van der Waals surface area contributed by atoms with Crippen molar-refractivity contribution in [2.24, 2.45) is 0 Å². The Balaban J connectivity index is 3.05. The molecule has 0 spiro atoms. The maximum Gasteiger partial charge on any atom is 0.573 e. The van der Waals surface area contributed by atoms with Crippen LogP contribution in [-0.2, 0) is 21.3 Å². The summed E-state index contributed by atoms with van der Waals surface area (Å²) < 4.78 is 45.0. The summed E-state index contributed by atoms with van der Waals surface area (Å²) in [5, 5.41) is 9.74. The summed E-state index contributed by atoms with van der Waals surface area (Å²) in [6, 6.07) is 0. The molecule has 1 rings (SSSR count). The van der Waals surface area contributed by atoms with Gasteiger partial charge < -0.3 is 14.6 Å². The van der Waals surface area contributed by atoms with Crippen LogP contribution in [0.15, 0.2) is 6.20 Å². The van der Waals surface area contributed by atoms with Gasteiger partial charge in [0.05, 0.1) is 30.5 Å². The van der Waals surface area contributed by atoms with Crippen LogP contribution in [0.4, 0.5) is 13.2 Å². The van der Waals surface area contributed by atoms with Crippen LogP contribution in [0.3, 0.4) is 0 Å². The van der Waals surface area contributed by atoms with Crippen LogP contribution in [0.25, 0.3) is 0 Å². The summed E-state index contributed by atoms with van der Waals surface area (Å²) in [4.78, 5) is 14.9. The summed E-state index contributed by atoms with van der Waals surface area (Å²) in [7, 11) is 0. The minimum Gasteiger partial charge on any atom is -0.506 e. The van der Waals surface area contributed by atoms with Crippen LogP contribution in [0.2, 0.25) is 0 Å². The Hall–Kier alpha value is -1.51. The molecule has 1 aromatic heterocycles. The molecule has 112 valence electrons. The van der Waals surface area contributed by atoms with E-state index in [1.54, 1.807) is 6.92 Å². The number of nitrogens with zero attached hydrogens (tertiary/aromatic N) is 1. The van der Waals surface area contributed by atoms with Gasteiger partial charge in [-0.15, -0.1) is 13.2 Å². The molecule has 1 N–H and O–H groups in total. The predicted molar refractivity (Wildman–Crippen MR) is 65.6 cm³/mol. The zero-order valence-electron chi connectivity index (χ0n) is 10.3. The number of rotatable bonds is 5. The van der Waals surface area contributed by atoms with E-state index in [0.29, 0.717) is 0 Å². The number of aromatic nitrogens is 1. The molecule has 1 heterocycles. The number of esters is 1. The van der Waals surface area contributed by atoms with E-state index in [9.17, 15) is 23.1 Å². The molecule has 1 aromatic rings. The number of ether oxygens (including phenoxy) is 2. The molecule has 20 heavy (non-hydrogen) atoms. The molecule has 9 heteroatoms. The van der Waals surface area contributed by atoms with Gasteiger partial charge in [0.25, 0.3) is 0 Å². The second-order valence-electron chi connectivity index (χ2n) is 3.56. The number of halogens is 4. The summed E-state index contributed by atoms with van der Waals surface area (Å²) in [5.74, 6) is -1.79. The van der Waals surface area contributed by atoms with E-state index in [0.717, 1.165) is 6.20 Å². The van der Waals surface area contributed by atoms with Crippen LogP contribution < -0.4 is 4.74 Å². The van der Waals surface area contributed by atoms with Crippen molar-refractivity contribution in [3.8, 4) is 11.5 Å². The number of carbonyl (C=O) groups excluding carboxylic acids is 1. The highest BCUT2D eigenvalue weighted by Crippen LogP contribution is 2.34. The lowest BCUT2D eigenvalue weighted by Crippen LogP contribution is -2.18. The van der Waals surface area contributed by atoms with Crippen molar-refractivity contribution in [2.45, 2.75) is 25.0 Å². The molecule has 0 unspecified atom stereocenters. The van der Waals surface area contributed by atoms with Crippen LogP contribution in [0.1, 0.15) is 18.2 Å². The predicted octanol–water partition coefficient (Wildman–Crippen LogP) is 2.69. The fourth-order valence-electron chi connectivity index (χ4n) is 1.39. The molecule has 0 fully saturated rings. The van der Waals surface area contributed by atoms with Crippen molar-refractivity contribution < 1.29 is 32.5 Å². The molecule has 0 saturated carbocycles. The summed E-state index contributed by atoms with van der Waals surface area (Å²) in [6.45, 7) is 1.76. The highest BCUT2D eigenvalue weighted by molar-refractivity contribution is 9.08. The van der Waals surface area contributed by atoms with Crippen molar-refractivity contribution in [2.75, 3.05) is 6.61 Å². The highest BCUT2D eigenvalue weighted by atomic mass is 79.9. The van der Waals surface area contributed by atoms with E-state index in [4.69, 9.17) is 0 Å². The van der Waals surface area contributed by atoms with E-state index >= 15 is 0 Å². The molecule has 0 saturated heterocycles. The van der Waals surface area contributed by atoms with E-state index in [1.165, 1.54) is 0 Å². The normalized spacial score (nSPS) is 11.2. The number of hydrogen-bond acceptors (Lipinski definition) is 5. The van der Waals surface area contributed by atoms with E-state index < -0.39 is 23.8 Å². The van der Waals surface area contributed by atoms with Crippen molar-refractivity contribution in [1.82, 2.24) is 4.98 Å². The van der Waals surface area contributed by atoms with Crippen molar-refractivity contribution in [1.29, 1.82) is 0 Å². The average Bonchev–Trinajstić information content (AvgIpc) is 2.31. The lowest BCUT2D eigenvalue weighted by Gasteiger charge is -2.14. The molecular weight excluding hydrogens is 347 g/mol. The Bertz CT molecular complexity index is 493. The molecule has 0 bridgehead atoms. The van der Waals surface area contributed by atoms with Crippen molar-refractivity contribution in [3.05, 3.63) is 17.5 Å². The smallest absolute Gasteiger partial charge is 0.506 e. The number of alkyl halides is 4. The molecule has 5 nitrogen and oxygen atoms in total. The van der Waals surface area contributed by atoms with Gasteiger partial charge in [0.2, 0.25) is 0 Å². The van der Waals surface area contributed by atoms with E-state index in [-0.39, 0.29) is 29.6 Å². The van der Waals surface area contributed by atoms with Gasteiger partial charge in [-0.2, -0.15) is 0 Å². The van der Waals surface area contributed by atoms with E-state index in [2.05, 4.69) is 30.4 Å². The molecule has 0 aliphatic rings. The second kappa shape index (κ2) is 6.78. The molecular formula is C11H11BrF3NO4. The third kappa shape index (κ3) is 4.55. The lowest BCUT2D eigenvalue weighted by atomic mass is 10.1. The lowest BCUT2D eigenvalue weighted by molar-refractivity contribution is -0.275. The largest absolute Gasteiger partial charge is 0.573 e. The Labute approximate surface area is 120 Å². The van der Waals surface area contributed by atoms with Crippen LogP contribution >= 0.6 is 15.9 Å². The fraction of sp³-hybridized carbons (Fsp3) is 0.455. The first kappa shape index (κ1) is 16.5. The fourth-order valence-corrected chi connectivity index (χ4v) is 1.93. The SMILES string of the molecule is CCOC(=O)Cc1ncc(OC(F)(F)F)c(CBr)c1O. The third-order valence-electron chi connectivity index (χ3n) is 2.17. The topological polar surface area (TPSA) is 68.7 Å². The first-order valence-electron chi connectivity index (χ1n) is 5.45. The summed E-state index contributed by atoms with van der Waals surface area (Å²) in [6.07, 6.45) is -4.43. The van der Waals surface area contributed by atoms with Crippen molar-refractivity contribution >= 4 is 21.9 Å². The Morgan fingerprint density at radius 2 is 2.15 bits per heavy atom. The van der Waals surface area contributed by atoms with Gasteiger partial charge in [0.15, 0.2) is 5.75 Å². The van der Waals surface area contributed by atoms with Crippen LogP contribution in [0.5, 0.6) is 11.5 Å². The minimum absolute atomic E-state index is 0.0765. The van der Waals surface area contributed by atoms with Gasteiger partial charge in [0, 0.05) is 5.33 Å². The minimum atomic E-state index is -4.90.